The van der Waals surface area contributed by atoms with Gasteiger partial charge in [0.25, 0.3) is 0 Å². The molecule has 0 radical (unpaired) electrons. The molecule has 106 valence electrons. The first kappa shape index (κ1) is 14.3. The Labute approximate surface area is 119 Å². The van der Waals surface area contributed by atoms with Gasteiger partial charge in [-0.2, -0.15) is 0 Å². The van der Waals surface area contributed by atoms with Crippen LogP contribution in [0.1, 0.15) is 31.1 Å². The number of ether oxygens (including phenoxy) is 1. The fourth-order valence-corrected chi connectivity index (χ4v) is 1.95. The molecule has 0 bridgehead atoms. The van der Waals surface area contributed by atoms with Gasteiger partial charge in [-0.15, -0.1) is 0 Å². The first-order valence-electron chi connectivity index (χ1n) is 6.79. The lowest BCUT2D eigenvalue weighted by atomic mass is 10.1. The SMILES string of the molecule is CCOc1cc(CNC(C)c2ccccn2)ccc1O. The molecule has 0 spiro atoms. The van der Waals surface area contributed by atoms with Gasteiger partial charge in [-0.25, -0.2) is 0 Å². The third-order valence-corrected chi connectivity index (χ3v) is 3.07. The molecule has 1 unspecified atom stereocenters. The highest BCUT2D eigenvalue weighted by Crippen LogP contribution is 2.27. The maximum absolute atomic E-state index is 9.67. The van der Waals surface area contributed by atoms with Crippen LogP contribution in [0.4, 0.5) is 0 Å². The second kappa shape index (κ2) is 6.91. The Morgan fingerprint density at radius 1 is 1.30 bits per heavy atom. The molecule has 4 heteroatoms. The molecule has 0 saturated heterocycles. The molecule has 1 aromatic carbocycles. The smallest absolute Gasteiger partial charge is 0.161 e. The maximum Gasteiger partial charge on any atom is 0.161 e. The lowest BCUT2D eigenvalue weighted by molar-refractivity contribution is 0.317. The highest BCUT2D eigenvalue weighted by Gasteiger charge is 2.07. The van der Waals surface area contributed by atoms with Crippen LogP contribution in [-0.2, 0) is 6.54 Å². The van der Waals surface area contributed by atoms with E-state index in [1.54, 1.807) is 12.3 Å². The van der Waals surface area contributed by atoms with Crippen LogP contribution in [0.3, 0.4) is 0 Å². The fraction of sp³-hybridized carbons (Fsp3) is 0.312. The molecule has 0 aliphatic carbocycles. The van der Waals surface area contributed by atoms with Crippen molar-refractivity contribution in [2.45, 2.75) is 26.4 Å². The number of nitrogens with one attached hydrogen (secondary N) is 1. The van der Waals surface area contributed by atoms with Crippen molar-refractivity contribution in [3.8, 4) is 11.5 Å². The third-order valence-electron chi connectivity index (χ3n) is 3.07. The van der Waals surface area contributed by atoms with Crippen LogP contribution >= 0.6 is 0 Å². The predicted molar refractivity (Wildman–Crippen MR) is 78.8 cm³/mol. The van der Waals surface area contributed by atoms with Crippen molar-refractivity contribution in [1.29, 1.82) is 0 Å². The maximum atomic E-state index is 9.67. The number of aromatic nitrogens is 1. The number of pyridine rings is 1. The molecule has 0 amide bonds. The second-order valence-corrected chi connectivity index (χ2v) is 4.59. The molecular weight excluding hydrogens is 252 g/mol. The molecule has 1 atom stereocenters. The van der Waals surface area contributed by atoms with Crippen LogP contribution in [-0.4, -0.2) is 16.7 Å². The Kier molecular flexibility index (Phi) is 4.96. The van der Waals surface area contributed by atoms with Crippen LogP contribution < -0.4 is 10.1 Å². The first-order valence-corrected chi connectivity index (χ1v) is 6.79. The standard InChI is InChI=1S/C16H20N2O2/c1-3-20-16-10-13(7-8-15(16)19)11-18-12(2)14-6-4-5-9-17-14/h4-10,12,18-19H,3,11H2,1-2H3. The largest absolute Gasteiger partial charge is 0.504 e. The summed E-state index contributed by atoms with van der Waals surface area (Å²) in [6, 6.07) is 11.5. The van der Waals surface area contributed by atoms with E-state index in [9.17, 15) is 5.11 Å². The third kappa shape index (κ3) is 3.71. The Hall–Kier alpha value is -2.07. The van der Waals surface area contributed by atoms with Crippen molar-refractivity contribution < 1.29 is 9.84 Å². The Balaban J connectivity index is 1.98. The van der Waals surface area contributed by atoms with Gasteiger partial charge in [0.2, 0.25) is 0 Å². The molecular formula is C16H20N2O2. The number of benzene rings is 1. The van der Waals surface area contributed by atoms with Gasteiger partial charge in [0.15, 0.2) is 11.5 Å². The van der Waals surface area contributed by atoms with Gasteiger partial charge >= 0.3 is 0 Å². The van der Waals surface area contributed by atoms with Gasteiger partial charge < -0.3 is 15.2 Å². The molecule has 0 saturated carbocycles. The highest BCUT2D eigenvalue weighted by molar-refractivity contribution is 5.41. The Morgan fingerprint density at radius 3 is 2.85 bits per heavy atom. The van der Waals surface area contributed by atoms with Gasteiger partial charge in [-0.05, 0) is 43.7 Å². The minimum absolute atomic E-state index is 0.167. The number of hydrogen-bond acceptors (Lipinski definition) is 4. The monoisotopic (exact) mass is 272 g/mol. The molecule has 0 aliphatic rings. The van der Waals surface area contributed by atoms with E-state index in [2.05, 4.69) is 17.2 Å². The number of rotatable bonds is 6. The minimum atomic E-state index is 0.167. The van der Waals surface area contributed by atoms with E-state index in [4.69, 9.17) is 4.74 Å². The summed E-state index contributed by atoms with van der Waals surface area (Å²) in [7, 11) is 0. The second-order valence-electron chi connectivity index (χ2n) is 4.59. The number of phenolic OH excluding ortho intramolecular Hbond substituents is 1. The molecule has 4 nitrogen and oxygen atoms in total. The quantitative estimate of drug-likeness (QED) is 0.848. The lowest BCUT2D eigenvalue weighted by Crippen LogP contribution is -2.18. The van der Waals surface area contributed by atoms with Gasteiger partial charge in [0.1, 0.15) is 0 Å². The van der Waals surface area contributed by atoms with Crippen LogP contribution in [0.5, 0.6) is 11.5 Å². The molecule has 0 aliphatic heterocycles. The van der Waals surface area contributed by atoms with Crippen molar-refractivity contribution in [3.63, 3.8) is 0 Å². The summed E-state index contributed by atoms with van der Waals surface area (Å²) in [4.78, 5) is 4.32. The van der Waals surface area contributed by atoms with Crippen molar-refractivity contribution in [3.05, 3.63) is 53.9 Å². The average Bonchev–Trinajstić information content (AvgIpc) is 2.49. The predicted octanol–water partition coefficient (Wildman–Crippen LogP) is 3.04. The van der Waals surface area contributed by atoms with Gasteiger partial charge in [0, 0.05) is 18.8 Å². The number of phenols is 1. The van der Waals surface area contributed by atoms with E-state index in [-0.39, 0.29) is 11.8 Å². The van der Waals surface area contributed by atoms with Crippen molar-refractivity contribution in [2.24, 2.45) is 0 Å². The molecule has 1 heterocycles. The van der Waals surface area contributed by atoms with Crippen molar-refractivity contribution >= 4 is 0 Å². The molecule has 2 N–H and O–H groups in total. The zero-order chi connectivity index (χ0) is 14.4. The van der Waals surface area contributed by atoms with Crippen LogP contribution in [0, 0.1) is 0 Å². The normalized spacial score (nSPS) is 12.1. The summed E-state index contributed by atoms with van der Waals surface area (Å²) >= 11 is 0. The average molecular weight is 272 g/mol. The van der Waals surface area contributed by atoms with Crippen LogP contribution in [0.2, 0.25) is 0 Å². The van der Waals surface area contributed by atoms with E-state index in [1.165, 1.54) is 0 Å². The zero-order valence-electron chi connectivity index (χ0n) is 11.8. The molecule has 20 heavy (non-hydrogen) atoms. The Morgan fingerprint density at radius 2 is 2.15 bits per heavy atom. The fourth-order valence-electron chi connectivity index (χ4n) is 1.95. The molecule has 0 fully saturated rings. The van der Waals surface area contributed by atoms with E-state index < -0.39 is 0 Å². The summed E-state index contributed by atoms with van der Waals surface area (Å²) < 4.78 is 5.38. The van der Waals surface area contributed by atoms with Crippen molar-refractivity contribution in [2.75, 3.05) is 6.61 Å². The van der Waals surface area contributed by atoms with Crippen molar-refractivity contribution in [1.82, 2.24) is 10.3 Å². The summed E-state index contributed by atoms with van der Waals surface area (Å²) in [5.41, 5.74) is 2.07. The van der Waals surface area contributed by atoms with Crippen LogP contribution in [0.15, 0.2) is 42.6 Å². The summed E-state index contributed by atoms with van der Waals surface area (Å²) in [5.74, 6) is 0.700. The molecule has 1 aromatic heterocycles. The van der Waals surface area contributed by atoms with Gasteiger partial charge in [0.05, 0.1) is 12.3 Å². The minimum Gasteiger partial charge on any atom is -0.504 e. The number of hydrogen-bond donors (Lipinski definition) is 2. The van der Waals surface area contributed by atoms with Gasteiger partial charge in [-0.3, -0.25) is 4.98 Å². The topological polar surface area (TPSA) is 54.4 Å². The van der Waals surface area contributed by atoms with E-state index in [0.29, 0.717) is 18.9 Å². The summed E-state index contributed by atoms with van der Waals surface area (Å²) in [6.45, 7) is 5.20. The summed E-state index contributed by atoms with van der Waals surface area (Å²) in [5, 5.41) is 13.1. The Bertz CT molecular complexity index is 543. The molecule has 2 rings (SSSR count). The van der Waals surface area contributed by atoms with Crippen LogP contribution in [0.25, 0.3) is 0 Å². The first-order chi connectivity index (χ1) is 9.70. The number of aromatic hydroxyl groups is 1. The number of nitrogens with zero attached hydrogens (tertiary/aromatic N) is 1. The zero-order valence-corrected chi connectivity index (χ0v) is 11.8. The molecule has 2 aromatic rings. The summed E-state index contributed by atoms with van der Waals surface area (Å²) in [6.07, 6.45) is 1.79. The van der Waals surface area contributed by atoms with E-state index in [0.717, 1.165) is 11.3 Å². The van der Waals surface area contributed by atoms with E-state index >= 15 is 0 Å². The highest BCUT2D eigenvalue weighted by atomic mass is 16.5. The lowest BCUT2D eigenvalue weighted by Gasteiger charge is -2.14. The van der Waals surface area contributed by atoms with E-state index in [1.807, 2.05) is 37.3 Å². The van der Waals surface area contributed by atoms with Gasteiger partial charge in [-0.1, -0.05) is 12.1 Å².